The van der Waals surface area contributed by atoms with Crippen LogP contribution in [-0.4, -0.2) is 33.3 Å². The zero-order valence-corrected chi connectivity index (χ0v) is 17.0. The second-order valence-electron chi connectivity index (χ2n) is 6.95. The van der Waals surface area contributed by atoms with Gasteiger partial charge in [0, 0.05) is 24.5 Å². The summed E-state index contributed by atoms with van der Waals surface area (Å²) in [5, 5.41) is 6.06. The molecule has 150 valence electrons. The molecule has 0 aromatic heterocycles. The minimum Gasteiger partial charge on any atom is -0.493 e. The van der Waals surface area contributed by atoms with Crippen molar-refractivity contribution < 1.29 is 14.3 Å². The first-order chi connectivity index (χ1) is 13.5. The van der Waals surface area contributed by atoms with E-state index in [2.05, 4.69) is 29.4 Å². The van der Waals surface area contributed by atoms with E-state index in [4.69, 9.17) is 9.47 Å². The number of hydrogen-bond acceptors (Lipinski definition) is 4. The Labute approximate surface area is 166 Å². The molecule has 0 radical (unpaired) electrons. The van der Waals surface area contributed by atoms with E-state index in [9.17, 15) is 4.79 Å². The lowest BCUT2D eigenvalue weighted by Crippen LogP contribution is -2.38. The van der Waals surface area contributed by atoms with Crippen molar-refractivity contribution in [3.8, 4) is 11.5 Å². The van der Waals surface area contributed by atoms with Crippen molar-refractivity contribution >= 4 is 17.4 Å². The van der Waals surface area contributed by atoms with Crippen molar-refractivity contribution in [3.63, 3.8) is 0 Å². The molecule has 2 aromatic carbocycles. The molecule has 0 unspecified atom stereocenters. The Morgan fingerprint density at radius 1 is 1.00 bits per heavy atom. The molecule has 0 saturated heterocycles. The molecule has 3 rings (SSSR count). The van der Waals surface area contributed by atoms with Crippen LogP contribution in [0.25, 0.3) is 0 Å². The van der Waals surface area contributed by atoms with Gasteiger partial charge in [0.2, 0.25) is 0 Å². The van der Waals surface area contributed by atoms with Gasteiger partial charge in [-0.25, -0.2) is 4.79 Å². The second kappa shape index (κ2) is 8.42. The zero-order chi connectivity index (χ0) is 20.1. The van der Waals surface area contributed by atoms with Crippen LogP contribution in [0.3, 0.4) is 0 Å². The van der Waals surface area contributed by atoms with Gasteiger partial charge < -0.3 is 25.0 Å². The van der Waals surface area contributed by atoms with Gasteiger partial charge in [-0.2, -0.15) is 0 Å². The van der Waals surface area contributed by atoms with E-state index < -0.39 is 0 Å². The fourth-order valence-corrected chi connectivity index (χ4v) is 3.47. The van der Waals surface area contributed by atoms with Crippen molar-refractivity contribution in [3.05, 3.63) is 48.0 Å². The zero-order valence-electron chi connectivity index (χ0n) is 17.0. The van der Waals surface area contributed by atoms with Gasteiger partial charge in [-0.15, -0.1) is 0 Å². The molecule has 0 atom stereocenters. The van der Waals surface area contributed by atoms with Crippen molar-refractivity contribution in [2.75, 3.05) is 37.5 Å². The Kier molecular flexibility index (Phi) is 5.97. The van der Waals surface area contributed by atoms with Crippen LogP contribution in [0.1, 0.15) is 32.3 Å². The lowest BCUT2D eigenvalue weighted by molar-refractivity contribution is 0.247. The predicted octanol–water partition coefficient (Wildman–Crippen LogP) is 4.36. The summed E-state index contributed by atoms with van der Waals surface area (Å²) in [5.74, 6) is 1.35. The topological polar surface area (TPSA) is 62.8 Å². The number of amides is 2. The number of benzene rings is 2. The Morgan fingerprint density at radius 2 is 1.64 bits per heavy atom. The molecular formula is C22H29N3O3. The third kappa shape index (κ3) is 4.16. The van der Waals surface area contributed by atoms with Gasteiger partial charge in [-0.3, -0.25) is 0 Å². The normalized spacial score (nSPS) is 14.1. The molecule has 6 heteroatoms. The summed E-state index contributed by atoms with van der Waals surface area (Å²) in [4.78, 5) is 14.8. The van der Waals surface area contributed by atoms with Crippen molar-refractivity contribution in [1.29, 1.82) is 0 Å². The summed E-state index contributed by atoms with van der Waals surface area (Å²) in [7, 11) is 3.23. The van der Waals surface area contributed by atoms with E-state index >= 15 is 0 Å². The summed E-state index contributed by atoms with van der Waals surface area (Å²) in [6.07, 6.45) is 1.80. The first-order valence-corrected chi connectivity index (χ1v) is 9.72. The fourth-order valence-electron chi connectivity index (χ4n) is 3.47. The quantitative estimate of drug-likeness (QED) is 0.711. The minimum atomic E-state index is -0.342. The van der Waals surface area contributed by atoms with Gasteiger partial charge in [0.15, 0.2) is 11.5 Å². The largest absolute Gasteiger partial charge is 0.493 e. The molecule has 1 aliphatic rings. The van der Waals surface area contributed by atoms with Crippen LogP contribution in [0, 0.1) is 0 Å². The van der Waals surface area contributed by atoms with E-state index in [1.165, 1.54) is 0 Å². The Hall–Kier alpha value is -2.89. The van der Waals surface area contributed by atoms with Crippen LogP contribution in [0.15, 0.2) is 42.5 Å². The van der Waals surface area contributed by atoms with Gasteiger partial charge in [-0.05, 0) is 68.7 Å². The maximum atomic E-state index is 12.6. The molecular weight excluding hydrogens is 354 g/mol. The van der Waals surface area contributed by atoms with E-state index in [1.807, 2.05) is 42.5 Å². The third-order valence-corrected chi connectivity index (χ3v) is 5.29. The van der Waals surface area contributed by atoms with Gasteiger partial charge in [0.1, 0.15) is 0 Å². The number of methoxy groups -OCH3 is 2. The lowest BCUT2D eigenvalue weighted by Gasteiger charge is -2.22. The first-order valence-electron chi connectivity index (χ1n) is 9.72. The number of rotatable bonds is 8. The van der Waals surface area contributed by atoms with Gasteiger partial charge in [-0.1, -0.05) is 6.07 Å². The van der Waals surface area contributed by atoms with Crippen molar-refractivity contribution in [2.24, 2.45) is 0 Å². The molecule has 6 nitrogen and oxygen atoms in total. The first kappa shape index (κ1) is 19.9. The highest BCUT2D eigenvalue weighted by Crippen LogP contribution is 2.47. The molecule has 1 saturated carbocycles. The van der Waals surface area contributed by atoms with E-state index in [-0.39, 0.29) is 11.6 Å². The van der Waals surface area contributed by atoms with Crippen LogP contribution < -0.4 is 25.0 Å². The Bertz CT molecular complexity index is 812. The van der Waals surface area contributed by atoms with Crippen LogP contribution in [0.5, 0.6) is 11.5 Å². The number of ether oxygens (including phenoxy) is 2. The third-order valence-electron chi connectivity index (χ3n) is 5.29. The van der Waals surface area contributed by atoms with E-state index in [0.29, 0.717) is 11.5 Å². The number of carbonyl (C=O) groups excluding carboxylic acids is 1. The van der Waals surface area contributed by atoms with Gasteiger partial charge in [0.05, 0.1) is 19.8 Å². The molecule has 0 bridgehead atoms. The summed E-state index contributed by atoms with van der Waals surface area (Å²) in [6, 6.07) is 13.5. The summed E-state index contributed by atoms with van der Waals surface area (Å²) < 4.78 is 10.7. The Morgan fingerprint density at radius 3 is 2.18 bits per heavy atom. The standard InChI is InChI=1S/C22H29N3O3/c1-5-25(6-2)18-10-8-17(9-11-18)23-21(26)24-22(13-14-22)16-7-12-19(27-3)20(15-16)28-4/h7-12,15H,5-6,13-14H2,1-4H3,(H2,23,24,26). The molecule has 2 aromatic rings. The highest BCUT2D eigenvalue weighted by atomic mass is 16.5. The van der Waals surface area contributed by atoms with Crippen LogP contribution >= 0.6 is 0 Å². The maximum absolute atomic E-state index is 12.6. The molecule has 0 aliphatic heterocycles. The fraction of sp³-hybridized carbons (Fsp3) is 0.409. The van der Waals surface area contributed by atoms with Gasteiger partial charge in [0.25, 0.3) is 0 Å². The van der Waals surface area contributed by atoms with Crippen molar-refractivity contribution in [2.45, 2.75) is 32.2 Å². The monoisotopic (exact) mass is 383 g/mol. The number of carbonyl (C=O) groups is 1. The summed E-state index contributed by atoms with van der Waals surface area (Å²) >= 11 is 0. The number of nitrogens with zero attached hydrogens (tertiary/aromatic N) is 1. The van der Waals surface area contributed by atoms with Crippen LogP contribution in [0.2, 0.25) is 0 Å². The van der Waals surface area contributed by atoms with Gasteiger partial charge >= 0.3 is 6.03 Å². The highest BCUT2D eigenvalue weighted by Gasteiger charge is 2.46. The average Bonchev–Trinajstić information content (AvgIpc) is 3.50. The predicted molar refractivity (Wildman–Crippen MR) is 113 cm³/mol. The SMILES string of the molecule is CCN(CC)c1ccc(NC(=O)NC2(c3ccc(OC)c(OC)c3)CC2)cc1. The van der Waals surface area contributed by atoms with Crippen LogP contribution in [0.4, 0.5) is 16.2 Å². The highest BCUT2D eigenvalue weighted by molar-refractivity contribution is 5.90. The molecule has 0 spiro atoms. The molecule has 0 heterocycles. The number of urea groups is 1. The average molecular weight is 383 g/mol. The molecule has 1 aliphatic carbocycles. The maximum Gasteiger partial charge on any atom is 0.319 e. The number of hydrogen-bond donors (Lipinski definition) is 2. The smallest absolute Gasteiger partial charge is 0.319 e. The summed E-state index contributed by atoms with van der Waals surface area (Å²) in [6.45, 7) is 6.17. The minimum absolute atomic E-state index is 0.206. The van der Waals surface area contributed by atoms with E-state index in [1.54, 1.807) is 14.2 Å². The second-order valence-corrected chi connectivity index (χ2v) is 6.95. The summed E-state index contributed by atoms with van der Waals surface area (Å²) in [5.41, 5.74) is 2.61. The lowest BCUT2D eigenvalue weighted by atomic mass is 10.0. The number of anilines is 2. The van der Waals surface area contributed by atoms with E-state index in [0.717, 1.165) is 42.9 Å². The molecule has 2 amide bonds. The molecule has 2 N–H and O–H groups in total. The van der Waals surface area contributed by atoms with Crippen molar-refractivity contribution in [1.82, 2.24) is 5.32 Å². The van der Waals surface area contributed by atoms with Crippen LogP contribution in [-0.2, 0) is 5.54 Å². The number of nitrogens with one attached hydrogen (secondary N) is 2. The molecule has 1 fully saturated rings. The molecule has 28 heavy (non-hydrogen) atoms. The Balaban J connectivity index is 1.66.